The Labute approximate surface area is 242 Å². The maximum atomic E-state index is 14.5. The number of carboxylic acid groups (broad SMARTS) is 1. The first-order valence-corrected chi connectivity index (χ1v) is 14.1. The normalized spacial score (nSPS) is 21.7. The van der Waals surface area contributed by atoms with Crippen LogP contribution in [0, 0.1) is 31.1 Å². The number of carboxylic acids is 1. The van der Waals surface area contributed by atoms with Gasteiger partial charge in [-0.3, -0.25) is 9.69 Å². The van der Waals surface area contributed by atoms with Crippen LogP contribution in [0.2, 0.25) is 0 Å². The quantitative estimate of drug-likeness (QED) is 0.247. The summed E-state index contributed by atoms with van der Waals surface area (Å²) in [5.41, 5.74) is 2.07. The van der Waals surface area contributed by atoms with Gasteiger partial charge >= 0.3 is 12.0 Å². The van der Waals surface area contributed by atoms with Crippen molar-refractivity contribution in [2.45, 2.75) is 38.3 Å². The summed E-state index contributed by atoms with van der Waals surface area (Å²) < 4.78 is 0. The second-order valence-corrected chi connectivity index (χ2v) is 11.5. The van der Waals surface area contributed by atoms with E-state index in [9.17, 15) is 24.8 Å². The lowest BCUT2D eigenvalue weighted by Gasteiger charge is -2.37. The summed E-state index contributed by atoms with van der Waals surface area (Å²) >= 11 is 1.36. The van der Waals surface area contributed by atoms with Crippen molar-refractivity contribution in [1.82, 2.24) is 4.90 Å². The number of Topliss-reactive ketones (excluding diaryl/α,β-unsaturated/α-hetero) is 1. The first-order chi connectivity index (χ1) is 19.6. The molecule has 41 heavy (non-hydrogen) atoms. The molecular formula is C33H29N3O4S. The third-order valence-electron chi connectivity index (χ3n) is 7.87. The lowest BCUT2D eigenvalue weighted by atomic mass is 9.74. The van der Waals surface area contributed by atoms with Crippen LogP contribution in [0.15, 0.2) is 90.3 Å². The number of nitriles is 1. The standard InChI is InChI=1S/C33H29N3O4S/c1-20-9-13-24(14-10-20)30(37)27-28(26-8-5-17-41-26)33(3,31(38)39)36(29(27)23-15-11-22(19-34)12-16-23)32(40)35-25-7-4-6-21(2)18-25/h4-18,27-29H,1-3H3,(H,35,40)(H,38,39). The SMILES string of the molecule is Cc1ccc(C(=O)C2C(c3ccc(C#N)cc3)N(C(=O)Nc3cccc(C)c3)C(C)(C(=O)O)C2c2cccs2)cc1. The molecule has 0 radical (unpaired) electrons. The van der Waals surface area contributed by atoms with Crippen molar-refractivity contribution in [1.29, 1.82) is 5.26 Å². The van der Waals surface area contributed by atoms with Gasteiger partial charge in [-0.1, -0.05) is 60.2 Å². The van der Waals surface area contributed by atoms with Crippen LogP contribution in [0.5, 0.6) is 0 Å². The van der Waals surface area contributed by atoms with E-state index in [4.69, 9.17) is 0 Å². The van der Waals surface area contributed by atoms with Gasteiger partial charge < -0.3 is 10.4 Å². The highest BCUT2D eigenvalue weighted by molar-refractivity contribution is 7.10. The molecule has 2 amide bonds. The number of benzene rings is 3. The minimum absolute atomic E-state index is 0.254. The highest BCUT2D eigenvalue weighted by Gasteiger charge is 2.65. The molecule has 1 aliphatic rings. The molecule has 3 aromatic carbocycles. The number of urea groups is 1. The Morgan fingerprint density at radius 2 is 1.66 bits per heavy atom. The second-order valence-electron chi connectivity index (χ2n) is 10.6. The summed E-state index contributed by atoms with van der Waals surface area (Å²) in [5, 5.41) is 25.0. The van der Waals surface area contributed by atoms with Gasteiger partial charge in [-0.05, 0) is 67.6 Å². The van der Waals surface area contributed by atoms with E-state index < -0.39 is 35.4 Å². The number of anilines is 1. The summed E-state index contributed by atoms with van der Waals surface area (Å²) in [6.45, 7) is 5.35. The van der Waals surface area contributed by atoms with E-state index >= 15 is 0 Å². The number of aryl methyl sites for hydroxylation is 2. The minimum Gasteiger partial charge on any atom is -0.479 e. The molecule has 8 heteroatoms. The molecule has 4 aromatic rings. The van der Waals surface area contributed by atoms with E-state index in [1.54, 1.807) is 48.5 Å². The van der Waals surface area contributed by atoms with Gasteiger partial charge in [0.25, 0.3) is 0 Å². The largest absolute Gasteiger partial charge is 0.479 e. The van der Waals surface area contributed by atoms with Crippen LogP contribution in [0.1, 0.15) is 56.4 Å². The van der Waals surface area contributed by atoms with Crippen LogP contribution in [0.4, 0.5) is 10.5 Å². The van der Waals surface area contributed by atoms with E-state index in [1.165, 1.54) is 23.2 Å². The van der Waals surface area contributed by atoms with Crippen LogP contribution in [0.3, 0.4) is 0 Å². The van der Waals surface area contributed by atoms with Crippen molar-refractivity contribution in [3.8, 4) is 6.07 Å². The van der Waals surface area contributed by atoms with Crippen LogP contribution in [0.25, 0.3) is 0 Å². The molecule has 1 fully saturated rings. The average molecular weight is 564 g/mol. The van der Waals surface area contributed by atoms with Crippen molar-refractivity contribution < 1.29 is 19.5 Å². The maximum Gasteiger partial charge on any atom is 0.330 e. The number of rotatable bonds is 6. The number of thiophene rings is 1. The number of likely N-dealkylation sites (tertiary alicyclic amines) is 1. The molecule has 5 rings (SSSR count). The molecule has 206 valence electrons. The summed E-state index contributed by atoms with van der Waals surface area (Å²) in [4.78, 5) is 44.0. The number of carbonyl (C=O) groups excluding carboxylic acids is 2. The van der Waals surface area contributed by atoms with Gasteiger partial charge in [0.2, 0.25) is 0 Å². The molecule has 0 spiro atoms. The Hall–Kier alpha value is -4.74. The summed E-state index contributed by atoms with van der Waals surface area (Å²) in [6.07, 6.45) is 0. The molecule has 2 N–H and O–H groups in total. The smallest absolute Gasteiger partial charge is 0.330 e. The third-order valence-corrected chi connectivity index (χ3v) is 8.83. The first kappa shape index (κ1) is 27.8. The second kappa shape index (κ2) is 11.0. The van der Waals surface area contributed by atoms with Gasteiger partial charge in [0.05, 0.1) is 23.6 Å². The fourth-order valence-electron chi connectivity index (χ4n) is 5.85. The molecule has 2 heterocycles. The number of aliphatic carboxylic acids is 1. The van der Waals surface area contributed by atoms with Gasteiger partial charge in [0, 0.05) is 22.0 Å². The zero-order valence-electron chi connectivity index (χ0n) is 22.9. The number of nitrogens with zero attached hydrogens (tertiary/aromatic N) is 2. The number of hydrogen-bond donors (Lipinski definition) is 2. The summed E-state index contributed by atoms with van der Waals surface area (Å²) in [6, 6.07) is 25.2. The molecule has 7 nitrogen and oxygen atoms in total. The molecule has 4 atom stereocenters. The molecule has 1 saturated heterocycles. The van der Waals surface area contributed by atoms with E-state index in [0.717, 1.165) is 11.1 Å². The Morgan fingerprint density at radius 3 is 2.24 bits per heavy atom. The van der Waals surface area contributed by atoms with Crippen LogP contribution < -0.4 is 5.32 Å². The van der Waals surface area contributed by atoms with Gasteiger partial charge in [-0.25, -0.2) is 9.59 Å². The van der Waals surface area contributed by atoms with Gasteiger partial charge in [0.15, 0.2) is 5.78 Å². The van der Waals surface area contributed by atoms with Crippen LogP contribution in [-0.2, 0) is 4.79 Å². The molecule has 1 aromatic heterocycles. The van der Waals surface area contributed by atoms with E-state index in [-0.39, 0.29) is 5.78 Å². The molecule has 0 aliphatic carbocycles. The zero-order valence-corrected chi connectivity index (χ0v) is 23.7. The Bertz CT molecular complexity index is 1640. The zero-order chi connectivity index (χ0) is 29.3. The Kier molecular flexibility index (Phi) is 7.48. The van der Waals surface area contributed by atoms with Crippen molar-refractivity contribution in [3.63, 3.8) is 0 Å². The number of nitrogens with one attached hydrogen (secondary N) is 1. The number of ketones is 1. The number of carbonyl (C=O) groups is 3. The highest BCUT2D eigenvalue weighted by atomic mass is 32.1. The predicted octanol–water partition coefficient (Wildman–Crippen LogP) is 6.95. The topological polar surface area (TPSA) is 111 Å². The molecule has 0 saturated carbocycles. The fourth-order valence-corrected chi connectivity index (χ4v) is 6.84. The Morgan fingerprint density at radius 1 is 0.951 bits per heavy atom. The molecular weight excluding hydrogens is 534 g/mol. The van der Waals surface area contributed by atoms with Crippen molar-refractivity contribution in [2.24, 2.45) is 5.92 Å². The molecule has 0 bridgehead atoms. The first-order valence-electron chi connectivity index (χ1n) is 13.2. The maximum absolute atomic E-state index is 14.5. The van der Waals surface area contributed by atoms with E-state index in [1.807, 2.05) is 55.6 Å². The monoisotopic (exact) mass is 563 g/mol. The minimum atomic E-state index is -1.79. The van der Waals surface area contributed by atoms with Gasteiger partial charge in [0.1, 0.15) is 5.54 Å². The van der Waals surface area contributed by atoms with E-state index in [2.05, 4.69) is 11.4 Å². The number of hydrogen-bond acceptors (Lipinski definition) is 5. The van der Waals surface area contributed by atoms with Crippen LogP contribution in [-0.4, -0.2) is 33.3 Å². The van der Waals surface area contributed by atoms with Crippen LogP contribution >= 0.6 is 11.3 Å². The van der Waals surface area contributed by atoms with Crippen molar-refractivity contribution in [2.75, 3.05) is 5.32 Å². The number of amides is 2. The molecule has 1 aliphatic heterocycles. The highest BCUT2D eigenvalue weighted by Crippen LogP contribution is 2.57. The lowest BCUT2D eigenvalue weighted by molar-refractivity contribution is -0.148. The lowest BCUT2D eigenvalue weighted by Crippen LogP contribution is -2.55. The summed E-state index contributed by atoms with van der Waals surface area (Å²) in [5.74, 6) is -3.24. The van der Waals surface area contributed by atoms with Gasteiger partial charge in [-0.2, -0.15) is 5.26 Å². The predicted molar refractivity (Wildman–Crippen MR) is 158 cm³/mol. The summed E-state index contributed by atoms with van der Waals surface area (Å²) in [7, 11) is 0. The van der Waals surface area contributed by atoms with Crippen molar-refractivity contribution in [3.05, 3.63) is 123 Å². The van der Waals surface area contributed by atoms with Gasteiger partial charge in [-0.15, -0.1) is 11.3 Å². The van der Waals surface area contributed by atoms with Crippen molar-refractivity contribution >= 4 is 34.8 Å². The van der Waals surface area contributed by atoms with E-state index in [0.29, 0.717) is 27.3 Å². The third kappa shape index (κ3) is 5.01. The Balaban J connectivity index is 1.75. The molecule has 4 unspecified atom stereocenters. The average Bonchev–Trinajstić information content (AvgIpc) is 3.58. The fraction of sp³-hybridized carbons (Fsp3) is 0.212.